The van der Waals surface area contributed by atoms with E-state index in [9.17, 15) is 14.7 Å². The lowest BCUT2D eigenvalue weighted by Gasteiger charge is -2.29. The number of carboxylic acid groups (broad SMARTS) is 1. The van der Waals surface area contributed by atoms with E-state index in [1.54, 1.807) is 11.1 Å². The van der Waals surface area contributed by atoms with Crippen LogP contribution in [0, 0.1) is 11.8 Å². The van der Waals surface area contributed by atoms with Gasteiger partial charge in [-0.15, -0.1) is 0 Å². The first kappa shape index (κ1) is 29.1. The Morgan fingerprint density at radius 1 is 0.708 bits per heavy atom. The van der Waals surface area contributed by atoms with Crippen LogP contribution in [0.15, 0.2) is 73.1 Å². The fraction of sp³-hybridized carbons (Fsp3) is 0.368. The van der Waals surface area contributed by atoms with E-state index in [0.717, 1.165) is 81.7 Å². The zero-order chi connectivity index (χ0) is 32.9. The van der Waals surface area contributed by atoms with Crippen molar-refractivity contribution in [2.75, 3.05) is 0 Å². The second-order valence-electron chi connectivity index (χ2n) is 14.9. The quantitative estimate of drug-likeness (QED) is 0.177. The van der Waals surface area contributed by atoms with Crippen LogP contribution >= 0.6 is 0 Å². The van der Waals surface area contributed by atoms with Crippen LogP contribution in [0.5, 0.6) is 0 Å². The van der Waals surface area contributed by atoms with E-state index in [1.807, 2.05) is 31.9 Å². The Morgan fingerprint density at radius 2 is 1.21 bits per heavy atom. The fourth-order valence-electron chi connectivity index (χ4n) is 7.99. The van der Waals surface area contributed by atoms with E-state index in [4.69, 9.17) is 9.72 Å². The molecule has 2 aliphatic carbocycles. The normalized spacial score (nSPS) is 25.6. The molecule has 2 saturated heterocycles. The number of fused-ring (bicyclic) bond motifs is 3. The van der Waals surface area contributed by atoms with Crippen LogP contribution in [0.1, 0.15) is 70.2 Å². The SMILES string of the molecule is CC(C)(C)OC(=O)N1[C@H](c2ncc(-c3ccc4cc(-c5ccc(-c6cnc(C7CC8CC8N7C(=O)O)[nH]6)cc5)ccc4c3)[nH]2)C[C@@H]2C[C@@H]21. The number of hydrogen-bond acceptors (Lipinski definition) is 5. The van der Waals surface area contributed by atoms with Gasteiger partial charge in [0.2, 0.25) is 0 Å². The predicted molar refractivity (Wildman–Crippen MR) is 181 cm³/mol. The molecular formula is C38H38N6O4. The van der Waals surface area contributed by atoms with Crippen LogP contribution in [0.4, 0.5) is 9.59 Å². The van der Waals surface area contributed by atoms with Crippen molar-refractivity contribution in [1.82, 2.24) is 29.7 Å². The van der Waals surface area contributed by atoms with Gasteiger partial charge in [-0.2, -0.15) is 0 Å². The van der Waals surface area contributed by atoms with Crippen LogP contribution in [0.3, 0.4) is 0 Å². The van der Waals surface area contributed by atoms with Gasteiger partial charge in [0.1, 0.15) is 17.2 Å². The van der Waals surface area contributed by atoms with Gasteiger partial charge in [-0.25, -0.2) is 19.6 Å². The van der Waals surface area contributed by atoms with Gasteiger partial charge in [0.15, 0.2) is 0 Å². The molecule has 48 heavy (non-hydrogen) atoms. The predicted octanol–water partition coefficient (Wildman–Crippen LogP) is 8.17. The molecule has 0 radical (unpaired) electrons. The maximum Gasteiger partial charge on any atom is 0.411 e. The summed E-state index contributed by atoms with van der Waals surface area (Å²) < 4.78 is 5.73. The second-order valence-corrected chi connectivity index (χ2v) is 14.9. The Hall–Kier alpha value is -5.12. The Kier molecular flexibility index (Phi) is 6.32. The Labute approximate surface area is 278 Å². The number of rotatable bonds is 5. The average molecular weight is 643 g/mol. The van der Waals surface area contributed by atoms with Crippen molar-refractivity contribution in [1.29, 1.82) is 0 Å². The standard InChI is InChI=1S/C38H38N6O4/c1-38(2,3)48-37(47)44-31-15-27(31)17-33(44)35-40-19-29(42-35)25-11-10-23-12-22(8-9-24(23)13-25)20-4-6-21(7-5-20)28-18-39-34(41-28)32-16-26-14-30(26)43(32)36(45)46/h4-13,18-19,26-27,30-33H,14-17H2,1-3H3,(H,39,41)(H,40,42)(H,45,46)/t26?,27-,30?,31-,32?,33-/m0/s1. The number of carbonyl (C=O) groups is 2. The highest BCUT2D eigenvalue weighted by molar-refractivity contribution is 5.90. The van der Waals surface area contributed by atoms with Crippen LogP contribution in [-0.4, -0.2) is 64.7 Å². The number of amides is 2. The highest BCUT2D eigenvalue weighted by atomic mass is 16.6. The number of aromatic nitrogens is 4. The van der Waals surface area contributed by atoms with Crippen molar-refractivity contribution < 1.29 is 19.4 Å². The molecule has 9 rings (SSSR count). The number of nitrogens with one attached hydrogen (secondary N) is 2. The van der Waals surface area contributed by atoms with Crippen molar-refractivity contribution in [2.24, 2.45) is 11.8 Å². The van der Waals surface area contributed by atoms with E-state index < -0.39 is 11.7 Å². The fourth-order valence-corrected chi connectivity index (χ4v) is 7.99. The van der Waals surface area contributed by atoms with Gasteiger partial charge in [-0.1, -0.05) is 48.5 Å². The smallest absolute Gasteiger partial charge is 0.411 e. The number of carbonyl (C=O) groups excluding carboxylic acids is 1. The summed E-state index contributed by atoms with van der Waals surface area (Å²) in [6.07, 6.45) is 6.31. The van der Waals surface area contributed by atoms with Gasteiger partial charge in [-0.05, 0) is 97.9 Å². The minimum atomic E-state index is -0.863. The molecule has 2 aromatic heterocycles. The van der Waals surface area contributed by atoms with E-state index >= 15 is 0 Å². The molecule has 0 spiro atoms. The highest BCUT2D eigenvalue weighted by Crippen LogP contribution is 2.54. The summed E-state index contributed by atoms with van der Waals surface area (Å²) in [5, 5.41) is 12.0. The number of imidazole rings is 2. The van der Waals surface area contributed by atoms with Crippen molar-refractivity contribution in [3.8, 4) is 33.6 Å². The Morgan fingerprint density at radius 3 is 1.81 bits per heavy atom. The molecule has 3 aromatic carbocycles. The summed E-state index contributed by atoms with van der Waals surface area (Å²) in [7, 11) is 0. The van der Waals surface area contributed by atoms with E-state index in [1.165, 1.54) is 0 Å². The molecule has 244 valence electrons. The largest absolute Gasteiger partial charge is 0.465 e. The number of benzene rings is 3. The maximum atomic E-state index is 13.0. The van der Waals surface area contributed by atoms with E-state index in [-0.39, 0.29) is 30.3 Å². The molecule has 4 aliphatic rings. The first-order valence-electron chi connectivity index (χ1n) is 16.9. The zero-order valence-corrected chi connectivity index (χ0v) is 27.2. The number of nitrogens with zero attached hydrogens (tertiary/aromatic N) is 4. The summed E-state index contributed by atoms with van der Waals surface area (Å²) in [6.45, 7) is 5.71. The lowest BCUT2D eigenvalue weighted by Crippen LogP contribution is -2.38. The molecule has 3 N–H and O–H groups in total. The van der Waals surface area contributed by atoms with Gasteiger partial charge in [-0.3, -0.25) is 9.80 Å². The monoisotopic (exact) mass is 642 g/mol. The number of likely N-dealkylation sites (tertiary alicyclic amines) is 2. The number of hydrogen-bond donors (Lipinski definition) is 3. The van der Waals surface area contributed by atoms with Gasteiger partial charge in [0.05, 0.1) is 35.9 Å². The molecule has 10 heteroatoms. The third-order valence-corrected chi connectivity index (χ3v) is 10.5. The van der Waals surface area contributed by atoms with E-state index in [2.05, 4.69) is 75.6 Å². The Bertz CT molecular complexity index is 2080. The molecule has 2 saturated carbocycles. The summed E-state index contributed by atoms with van der Waals surface area (Å²) in [5.41, 5.74) is 5.57. The summed E-state index contributed by atoms with van der Waals surface area (Å²) >= 11 is 0. The number of aromatic amines is 2. The molecule has 6 atom stereocenters. The van der Waals surface area contributed by atoms with E-state index in [0.29, 0.717) is 11.8 Å². The van der Waals surface area contributed by atoms with Crippen LogP contribution in [0.25, 0.3) is 44.4 Å². The third kappa shape index (κ3) is 5.01. The first-order valence-corrected chi connectivity index (χ1v) is 16.9. The molecule has 5 aromatic rings. The number of ether oxygens (including phenoxy) is 1. The van der Waals surface area contributed by atoms with Gasteiger partial charge < -0.3 is 19.8 Å². The molecular weight excluding hydrogens is 604 g/mol. The summed E-state index contributed by atoms with van der Waals surface area (Å²) in [6, 6.07) is 21.4. The minimum Gasteiger partial charge on any atom is -0.465 e. The topological polar surface area (TPSA) is 127 Å². The zero-order valence-electron chi connectivity index (χ0n) is 27.2. The maximum absolute atomic E-state index is 13.0. The minimum absolute atomic E-state index is 0.0952. The van der Waals surface area contributed by atoms with Crippen molar-refractivity contribution in [3.63, 3.8) is 0 Å². The number of piperidine rings is 2. The van der Waals surface area contributed by atoms with Crippen LogP contribution < -0.4 is 0 Å². The molecule has 4 fully saturated rings. The van der Waals surface area contributed by atoms with Crippen molar-refractivity contribution >= 4 is 23.0 Å². The second kappa shape index (κ2) is 10.4. The van der Waals surface area contributed by atoms with Crippen molar-refractivity contribution in [2.45, 2.75) is 76.2 Å². The van der Waals surface area contributed by atoms with Gasteiger partial charge >= 0.3 is 12.2 Å². The highest BCUT2D eigenvalue weighted by Gasteiger charge is 2.57. The summed E-state index contributed by atoms with van der Waals surface area (Å²) in [5.74, 6) is 2.53. The van der Waals surface area contributed by atoms with Gasteiger partial charge in [0, 0.05) is 17.6 Å². The summed E-state index contributed by atoms with van der Waals surface area (Å²) in [4.78, 5) is 44.5. The van der Waals surface area contributed by atoms with Crippen molar-refractivity contribution in [3.05, 3.63) is 84.7 Å². The molecule has 10 nitrogen and oxygen atoms in total. The molecule has 4 heterocycles. The molecule has 2 amide bonds. The molecule has 0 bridgehead atoms. The lowest BCUT2D eigenvalue weighted by molar-refractivity contribution is 0.0175. The van der Waals surface area contributed by atoms with Crippen LogP contribution in [-0.2, 0) is 4.74 Å². The first-order chi connectivity index (χ1) is 23.1. The Balaban J connectivity index is 0.907. The van der Waals surface area contributed by atoms with Gasteiger partial charge in [0.25, 0.3) is 0 Å². The average Bonchev–Trinajstić information content (AvgIpc) is 3.65. The lowest BCUT2D eigenvalue weighted by atomic mass is 9.98. The third-order valence-electron chi connectivity index (χ3n) is 10.5. The molecule has 3 unspecified atom stereocenters. The van der Waals surface area contributed by atoms with Crippen LogP contribution in [0.2, 0.25) is 0 Å². The number of H-pyrrole nitrogens is 2. The molecule has 2 aliphatic heterocycles.